The molecule has 1 aliphatic rings. The van der Waals surface area contributed by atoms with Crippen LogP contribution in [0.3, 0.4) is 0 Å². The van der Waals surface area contributed by atoms with E-state index in [0.29, 0.717) is 0 Å². The summed E-state index contributed by atoms with van der Waals surface area (Å²) in [7, 11) is 1.98. The first-order valence-electron chi connectivity index (χ1n) is 6.14. The maximum absolute atomic E-state index is 11.9. The van der Waals surface area contributed by atoms with Crippen LogP contribution >= 0.6 is 0 Å². The van der Waals surface area contributed by atoms with E-state index in [2.05, 4.69) is 10.6 Å². The molecule has 1 fully saturated rings. The minimum absolute atomic E-state index is 0.0791. The number of carbonyl (C=O) groups excluding carboxylic acids is 1. The summed E-state index contributed by atoms with van der Waals surface area (Å²) in [5.41, 5.74) is -0.140. The van der Waals surface area contributed by atoms with Crippen molar-refractivity contribution in [3.05, 3.63) is 0 Å². The van der Waals surface area contributed by atoms with E-state index in [1.807, 2.05) is 32.7 Å². The van der Waals surface area contributed by atoms with Crippen LogP contribution in [0.2, 0.25) is 0 Å². The van der Waals surface area contributed by atoms with E-state index < -0.39 is 0 Å². The molecule has 1 heterocycles. The third-order valence-electron chi connectivity index (χ3n) is 2.88. The molecule has 2 N–H and O–H groups in total. The lowest BCUT2D eigenvalue weighted by molar-refractivity contribution is 0.163. The molecule has 4 nitrogen and oxygen atoms in total. The lowest BCUT2D eigenvalue weighted by Gasteiger charge is -2.34. The molecule has 0 aromatic heterocycles. The second-order valence-electron chi connectivity index (χ2n) is 5.67. The van der Waals surface area contributed by atoms with E-state index in [-0.39, 0.29) is 11.6 Å². The lowest BCUT2D eigenvalue weighted by Crippen LogP contribution is -2.51. The second kappa shape index (κ2) is 5.53. The number of hydrogen-bond donors (Lipinski definition) is 2. The van der Waals surface area contributed by atoms with Crippen molar-refractivity contribution in [3.8, 4) is 0 Å². The smallest absolute Gasteiger partial charge is 0.317 e. The van der Waals surface area contributed by atoms with E-state index >= 15 is 0 Å². The van der Waals surface area contributed by atoms with E-state index in [0.717, 1.165) is 38.4 Å². The standard InChI is InChI=1S/C12H25N3O/c1-12(2,3)14-11(16)15-7-5-10(6-8-15)9-13-4/h10,13H,5-9H2,1-4H3,(H,14,16). The fourth-order valence-corrected chi connectivity index (χ4v) is 2.03. The Hall–Kier alpha value is -0.770. The predicted molar refractivity (Wildman–Crippen MR) is 66.5 cm³/mol. The molecule has 0 bridgehead atoms. The number of nitrogens with one attached hydrogen (secondary N) is 2. The average Bonchev–Trinajstić information content (AvgIpc) is 2.16. The third-order valence-corrected chi connectivity index (χ3v) is 2.88. The van der Waals surface area contributed by atoms with Gasteiger partial charge in [-0.3, -0.25) is 0 Å². The van der Waals surface area contributed by atoms with Gasteiger partial charge in [-0.25, -0.2) is 4.79 Å². The van der Waals surface area contributed by atoms with Gasteiger partial charge in [-0.1, -0.05) is 0 Å². The molecule has 0 aliphatic carbocycles. The molecule has 2 amide bonds. The SMILES string of the molecule is CNCC1CCN(C(=O)NC(C)(C)C)CC1. The molecule has 0 spiro atoms. The van der Waals surface area contributed by atoms with E-state index in [4.69, 9.17) is 0 Å². The molecule has 0 unspecified atom stereocenters. The first-order valence-corrected chi connectivity index (χ1v) is 6.14. The molecule has 0 aromatic carbocycles. The normalized spacial score (nSPS) is 18.6. The summed E-state index contributed by atoms with van der Waals surface area (Å²) in [6, 6.07) is 0.0791. The van der Waals surface area contributed by atoms with Crippen LogP contribution in [0.5, 0.6) is 0 Å². The summed E-state index contributed by atoms with van der Waals surface area (Å²) in [4.78, 5) is 13.8. The highest BCUT2D eigenvalue weighted by Gasteiger charge is 2.24. The molecule has 94 valence electrons. The monoisotopic (exact) mass is 227 g/mol. The predicted octanol–water partition coefficient (Wildman–Crippen LogP) is 1.43. The molecule has 16 heavy (non-hydrogen) atoms. The lowest BCUT2D eigenvalue weighted by atomic mass is 9.97. The summed E-state index contributed by atoms with van der Waals surface area (Å²) >= 11 is 0. The van der Waals surface area contributed by atoms with E-state index in [1.54, 1.807) is 0 Å². The van der Waals surface area contributed by atoms with Crippen LogP contribution in [0, 0.1) is 5.92 Å². The minimum Gasteiger partial charge on any atom is -0.333 e. The number of carbonyl (C=O) groups is 1. The van der Waals surface area contributed by atoms with Crippen LogP contribution in [-0.4, -0.2) is 43.2 Å². The summed E-state index contributed by atoms with van der Waals surface area (Å²) < 4.78 is 0. The van der Waals surface area contributed by atoms with Gasteiger partial charge in [0, 0.05) is 18.6 Å². The van der Waals surface area contributed by atoms with Gasteiger partial charge < -0.3 is 15.5 Å². The van der Waals surface area contributed by atoms with Crippen LogP contribution in [0.1, 0.15) is 33.6 Å². The first kappa shape index (κ1) is 13.3. The van der Waals surface area contributed by atoms with Gasteiger partial charge in [0.2, 0.25) is 0 Å². The average molecular weight is 227 g/mol. The maximum atomic E-state index is 11.9. The number of hydrogen-bond acceptors (Lipinski definition) is 2. The van der Waals surface area contributed by atoms with Gasteiger partial charge in [0.05, 0.1) is 0 Å². The Bertz CT molecular complexity index is 227. The molecule has 0 atom stereocenters. The summed E-state index contributed by atoms with van der Waals surface area (Å²) in [5, 5.41) is 6.21. The van der Waals surface area contributed by atoms with Gasteiger partial charge in [0.15, 0.2) is 0 Å². The highest BCUT2D eigenvalue weighted by Crippen LogP contribution is 2.16. The van der Waals surface area contributed by atoms with Crippen molar-refractivity contribution in [1.82, 2.24) is 15.5 Å². The fraction of sp³-hybridized carbons (Fsp3) is 0.917. The highest BCUT2D eigenvalue weighted by molar-refractivity contribution is 5.75. The van der Waals surface area contributed by atoms with Crippen molar-refractivity contribution in [2.24, 2.45) is 5.92 Å². The summed E-state index contributed by atoms with van der Waals surface area (Å²) in [6.45, 7) is 8.87. The summed E-state index contributed by atoms with van der Waals surface area (Å²) in [5.74, 6) is 0.726. The van der Waals surface area contributed by atoms with Gasteiger partial charge in [-0.2, -0.15) is 0 Å². The first-order chi connectivity index (χ1) is 7.42. The van der Waals surface area contributed by atoms with Crippen molar-refractivity contribution < 1.29 is 4.79 Å². The number of nitrogens with zero attached hydrogens (tertiary/aromatic N) is 1. The molecule has 0 saturated carbocycles. The van der Waals surface area contributed by atoms with Crippen LogP contribution < -0.4 is 10.6 Å². The van der Waals surface area contributed by atoms with Crippen LogP contribution in [0.4, 0.5) is 4.79 Å². The minimum atomic E-state index is -0.140. The zero-order chi connectivity index (χ0) is 12.2. The van der Waals surface area contributed by atoms with Crippen molar-refractivity contribution in [2.45, 2.75) is 39.2 Å². The largest absolute Gasteiger partial charge is 0.333 e. The Kier molecular flexibility index (Phi) is 4.59. The Balaban J connectivity index is 2.33. The number of amides is 2. The van der Waals surface area contributed by atoms with E-state index in [1.165, 1.54) is 0 Å². The Morgan fingerprint density at radius 1 is 1.31 bits per heavy atom. The van der Waals surface area contributed by atoms with Crippen molar-refractivity contribution >= 4 is 6.03 Å². The Morgan fingerprint density at radius 3 is 2.31 bits per heavy atom. The van der Waals surface area contributed by atoms with Gasteiger partial charge >= 0.3 is 6.03 Å². The molecular formula is C12H25N3O. The molecule has 1 saturated heterocycles. The highest BCUT2D eigenvalue weighted by atomic mass is 16.2. The zero-order valence-corrected chi connectivity index (χ0v) is 11.0. The topological polar surface area (TPSA) is 44.4 Å². The molecular weight excluding hydrogens is 202 g/mol. The van der Waals surface area contributed by atoms with Crippen LogP contribution in [0.15, 0.2) is 0 Å². The maximum Gasteiger partial charge on any atom is 0.317 e. The van der Waals surface area contributed by atoms with Crippen LogP contribution in [-0.2, 0) is 0 Å². The van der Waals surface area contributed by atoms with Gasteiger partial charge in [0.1, 0.15) is 0 Å². The zero-order valence-electron chi connectivity index (χ0n) is 11.0. The summed E-state index contributed by atoms with van der Waals surface area (Å²) in [6.07, 6.45) is 2.22. The number of piperidine rings is 1. The third kappa shape index (κ3) is 4.39. The van der Waals surface area contributed by atoms with Crippen LogP contribution in [0.25, 0.3) is 0 Å². The molecule has 1 aliphatic heterocycles. The number of urea groups is 1. The fourth-order valence-electron chi connectivity index (χ4n) is 2.03. The molecule has 4 heteroatoms. The van der Waals surface area contributed by atoms with Crippen molar-refractivity contribution in [2.75, 3.05) is 26.7 Å². The van der Waals surface area contributed by atoms with Gasteiger partial charge in [0.25, 0.3) is 0 Å². The van der Waals surface area contributed by atoms with Gasteiger partial charge in [-0.05, 0) is 53.1 Å². The molecule has 1 rings (SSSR count). The Labute approximate surface area is 98.8 Å². The second-order valence-corrected chi connectivity index (χ2v) is 5.67. The Morgan fingerprint density at radius 2 is 1.88 bits per heavy atom. The molecule has 0 radical (unpaired) electrons. The van der Waals surface area contributed by atoms with E-state index in [9.17, 15) is 4.79 Å². The van der Waals surface area contributed by atoms with Crippen molar-refractivity contribution in [1.29, 1.82) is 0 Å². The molecule has 0 aromatic rings. The van der Waals surface area contributed by atoms with Crippen molar-refractivity contribution in [3.63, 3.8) is 0 Å². The quantitative estimate of drug-likeness (QED) is 0.749. The number of likely N-dealkylation sites (tertiary alicyclic amines) is 1. The van der Waals surface area contributed by atoms with Gasteiger partial charge in [-0.15, -0.1) is 0 Å². The number of rotatable bonds is 2.